The summed E-state index contributed by atoms with van der Waals surface area (Å²) in [6.45, 7) is 4.09. The first-order chi connectivity index (χ1) is 19.7. The highest BCUT2D eigenvalue weighted by Gasteiger charge is 2.35. The summed E-state index contributed by atoms with van der Waals surface area (Å²) in [4.78, 5) is 29.7. The van der Waals surface area contributed by atoms with Crippen molar-refractivity contribution >= 4 is 11.8 Å². The second-order valence-electron chi connectivity index (χ2n) is 11.7. The molecule has 5 nitrogen and oxygen atoms in total. The number of amides is 2. The lowest BCUT2D eigenvalue weighted by Crippen LogP contribution is -2.40. The van der Waals surface area contributed by atoms with Crippen molar-refractivity contribution in [2.24, 2.45) is 11.3 Å². The molecule has 5 rings (SSSR count). The molecule has 2 heterocycles. The van der Waals surface area contributed by atoms with E-state index >= 15 is 0 Å². The molecule has 0 saturated carbocycles. The van der Waals surface area contributed by atoms with Crippen LogP contribution >= 0.6 is 0 Å². The van der Waals surface area contributed by atoms with E-state index in [0.29, 0.717) is 37.7 Å². The minimum absolute atomic E-state index is 0. The third-order valence-corrected chi connectivity index (χ3v) is 8.78. The Labute approximate surface area is 241 Å². The van der Waals surface area contributed by atoms with Gasteiger partial charge in [-0.2, -0.15) is 13.2 Å². The molecule has 220 valence electrons. The van der Waals surface area contributed by atoms with Crippen molar-refractivity contribution in [1.82, 2.24) is 15.1 Å². The van der Waals surface area contributed by atoms with Crippen LogP contribution in [0, 0.1) is 11.3 Å². The number of rotatable bonds is 7. The molecule has 2 aromatic carbocycles. The monoisotopic (exact) mass is 567 g/mol. The molecule has 1 spiro atoms. The van der Waals surface area contributed by atoms with Crippen LogP contribution in [0.3, 0.4) is 0 Å². The number of likely N-dealkylation sites (tertiary alicyclic amines) is 1. The molecule has 1 atom stereocenters. The second kappa shape index (κ2) is 12.6. The summed E-state index contributed by atoms with van der Waals surface area (Å²) in [5.74, 6) is 0.330. The highest BCUT2D eigenvalue weighted by Crippen LogP contribution is 2.39. The van der Waals surface area contributed by atoms with Gasteiger partial charge in [0, 0.05) is 33.2 Å². The van der Waals surface area contributed by atoms with Crippen LogP contribution in [0.25, 0.3) is 0 Å². The number of benzene rings is 2. The zero-order valence-electron chi connectivity index (χ0n) is 23.3. The maximum Gasteiger partial charge on any atom is 0.416 e. The van der Waals surface area contributed by atoms with E-state index in [4.69, 9.17) is 0 Å². The van der Waals surface area contributed by atoms with Gasteiger partial charge >= 0.3 is 6.18 Å². The number of hydrogen-bond acceptors (Lipinski definition) is 3. The minimum Gasteiger partial charge on any atom is -0.351 e. The molecule has 3 aliphatic rings. The maximum absolute atomic E-state index is 12.9. The lowest BCUT2D eigenvalue weighted by Gasteiger charge is -2.40. The van der Waals surface area contributed by atoms with Gasteiger partial charge in [0.1, 0.15) is 0 Å². The number of carbonyl (C=O) groups excluding carboxylic acids is 2. The van der Waals surface area contributed by atoms with Gasteiger partial charge in [0.25, 0.3) is 5.91 Å². The molecule has 0 bridgehead atoms. The third-order valence-electron chi connectivity index (χ3n) is 8.78. The van der Waals surface area contributed by atoms with Crippen LogP contribution in [0.15, 0.2) is 72.8 Å². The number of carbonyl (C=O) groups is 2. The van der Waals surface area contributed by atoms with Crippen LogP contribution in [0.4, 0.5) is 13.2 Å². The molecule has 8 heteroatoms. The number of nitrogens with zero attached hydrogens (tertiary/aromatic N) is 2. The number of halogens is 3. The van der Waals surface area contributed by atoms with Crippen molar-refractivity contribution in [3.05, 3.63) is 95.1 Å². The van der Waals surface area contributed by atoms with Crippen LogP contribution in [0.1, 0.15) is 67.0 Å². The fourth-order valence-electron chi connectivity index (χ4n) is 6.05. The van der Waals surface area contributed by atoms with E-state index in [2.05, 4.69) is 28.4 Å². The molecule has 2 amide bonds. The molecule has 0 radical (unpaired) electrons. The van der Waals surface area contributed by atoms with E-state index in [0.717, 1.165) is 68.5 Å². The van der Waals surface area contributed by atoms with Gasteiger partial charge in [-0.3, -0.25) is 14.5 Å². The molecule has 1 saturated heterocycles. The van der Waals surface area contributed by atoms with E-state index in [1.807, 2.05) is 29.2 Å². The highest BCUT2D eigenvalue weighted by molar-refractivity contribution is 5.94. The summed E-state index contributed by atoms with van der Waals surface area (Å²) in [5.41, 5.74) is 1.81. The summed E-state index contributed by atoms with van der Waals surface area (Å²) in [6, 6.07) is 12.9. The maximum atomic E-state index is 12.9. The van der Waals surface area contributed by atoms with Crippen LogP contribution in [-0.2, 0) is 24.1 Å². The smallest absolute Gasteiger partial charge is 0.351 e. The van der Waals surface area contributed by atoms with E-state index in [1.165, 1.54) is 6.42 Å². The number of allylic oxidation sites excluding steroid dienone is 2. The Morgan fingerprint density at radius 1 is 0.951 bits per heavy atom. The molecule has 2 aromatic rings. The molecule has 2 aliphatic heterocycles. The van der Waals surface area contributed by atoms with Crippen LogP contribution in [-0.4, -0.2) is 47.8 Å². The summed E-state index contributed by atoms with van der Waals surface area (Å²) < 4.78 is 38.6. The highest BCUT2D eigenvalue weighted by atomic mass is 19.4. The normalized spacial score (nSPS) is 21.2. The number of hydrogen-bond donors (Lipinski definition) is 1. The van der Waals surface area contributed by atoms with E-state index in [-0.39, 0.29) is 18.7 Å². The summed E-state index contributed by atoms with van der Waals surface area (Å²) in [6.07, 6.45) is 9.94. The molecule has 41 heavy (non-hydrogen) atoms. The lowest BCUT2D eigenvalue weighted by molar-refractivity contribution is -0.137. The van der Waals surface area contributed by atoms with Gasteiger partial charge in [-0.15, -0.1) is 0 Å². The van der Waals surface area contributed by atoms with Gasteiger partial charge in [-0.05, 0) is 104 Å². The van der Waals surface area contributed by atoms with Crippen molar-refractivity contribution < 1.29 is 24.2 Å². The van der Waals surface area contributed by atoms with Gasteiger partial charge in [0.2, 0.25) is 5.91 Å². The number of alkyl halides is 3. The average molecular weight is 568 g/mol. The fourth-order valence-corrected chi connectivity index (χ4v) is 6.05. The third kappa shape index (κ3) is 7.67. The first-order valence-corrected chi connectivity index (χ1v) is 14.6. The zero-order valence-corrected chi connectivity index (χ0v) is 23.3. The Morgan fingerprint density at radius 2 is 1.61 bits per heavy atom. The first-order valence-electron chi connectivity index (χ1n) is 14.6. The topological polar surface area (TPSA) is 52.7 Å². The van der Waals surface area contributed by atoms with E-state index in [9.17, 15) is 22.8 Å². The Bertz CT molecular complexity index is 1270. The standard InChI is InChI=1S/C33H38F3N3O2.H2/c34-33(35,36)29-12-8-26(9-13-29)23-38-19-16-32(17-20-38)15-14-30(40)39(21-18-32)24-27-6-10-28(11-7-27)31(41)37-22-25-4-2-1-3-5-25;/h2,4,6-15,25H,1,3,5,16-24H2,(H,37,41);1H. The SMILES string of the molecule is O=C(NCC1C=CCCC1)c1ccc(CN2CCC3(C=CC2=O)CCN(Cc2ccc(C(F)(F)F)cc2)CC3)cc1.[HH]. The Hall–Kier alpha value is -3.39. The molecule has 1 aliphatic carbocycles. The summed E-state index contributed by atoms with van der Waals surface area (Å²) >= 11 is 0. The predicted molar refractivity (Wildman–Crippen MR) is 155 cm³/mol. The molecule has 1 unspecified atom stereocenters. The Balaban J connectivity index is 0.00000405. The average Bonchev–Trinajstić information content (AvgIpc) is 3.12. The van der Waals surface area contributed by atoms with Crippen LogP contribution in [0.2, 0.25) is 0 Å². The Kier molecular flexibility index (Phi) is 8.97. The first kappa shape index (κ1) is 29.1. The minimum atomic E-state index is -4.32. The zero-order chi connectivity index (χ0) is 28.9. The van der Waals surface area contributed by atoms with E-state index < -0.39 is 11.7 Å². The lowest BCUT2D eigenvalue weighted by atomic mass is 9.75. The number of piperidine rings is 1. The van der Waals surface area contributed by atoms with Gasteiger partial charge in [0.05, 0.1) is 5.56 Å². The molecule has 0 aromatic heterocycles. The van der Waals surface area contributed by atoms with Gasteiger partial charge in [-0.25, -0.2) is 0 Å². The van der Waals surface area contributed by atoms with Crippen LogP contribution in [0.5, 0.6) is 0 Å². The van der Waals surface area contributed by atoms with Crippen molar-refractivity contribution in [1.29, 1.82) is 0 Å². The summed E-state index contributed by atoms with van der Waals surface area (Å²) in [5, 5.41) is 3.03. The van der Waals surface area contributed by atoms with Crippen molar-refractivity contribution in [3.63, 3.8) is 0 Å². The van der Waals surface area contributed by atoms with Gasteiger partial charge < -0.3 is 10.2 Å². The van der Waals surface area contributed by atoms with Crippen molar-refractivity contribution in [2.75, 3.05) is 26.2 Å². The molecule has 1 fully saturated rings. The quantitative estimate of drug-likeness (QED) is 0.383. The van der Waals surface area contributed by atoms with Crippen LogP contribution < -0.4 is 5.32 Å². The van der Waals surface area contributed by atoms with E-state index in [1.54, 1.807) is 18.2 Å². The van der Waals surface area contributed by atoms with Crippen molar-refractivity contribution in [2.45, 2.75) is 57.8 Å². The predicted octanol–water partition coefficient (Wildman–Crippen LogP) is 6.61. The summed E-state index contributed by atoms with van der Waals surface area (Å²) in [7, 11) is 0. The largest absolute Gasteiger partial charge is 0.416 e. The van der Waals surface area contributed by atoms with Crippen molar-refractivity contribution in [3.8, 4) is 0 Å². The molecular formula is C33H40F3N3O2. The molecule has 1 N–H and O–H groups in total. The van der Waals surface area contributed by atoms with Gasteiger partial charge in [-0.1, -0.05) is 42.5 Å². The van der Waals surface area contributed by atoms with Gasteiger partial charge in [0.15, 0.2) is 0 Å². The number of nitrogens with one attached hydrogen (secondary N) is 1. The second-order valence-corrected chi connectivity index (χ2v) is 11.7. The fraction of sp³-hybridized carbons (Fsp3) is 0.455. The molecular weight excluding hydrogens is 527 g/mol. The Morgan fingerprint density at radius 3 is 2.27 bits per heavy atom.